The molecular weight excluding hydrogens is 262 g/mol. The number of fused-ring (bicyclic) bond motifs is 1. The van der Waals surface area contributed by atoms with Crippen molar-refractivity contribution in [3.8, 4) is 5.75 Å². The number of anilines is 2. The van der Waals surface area contributed by atoms with Crippen molar-refractivity contribution in [2.75, 3.05) is 44.5 Å². The lowest BCUT2D eigenvalue weighted by Crippen LogP contribution is -2.52. The number of hydroxylamine groups is 1. The number of hydrazine groups is 1. The third-order valence-electron chi connectivity index (χ3n) is 2.85. The Kier molecular flexibility index (Phi) is 4.28. The zero-order valence-corrected chi connectivity index (χ0v) is 11.7. The fourth-order valence-electron chi connectivity index (χ4n) is 1.75. The summed E-state index contributed by atoms with van der Waals surface area (Å²) in [6, 6.07) is 4.92. The highest BCUT2D eigenvalue weighted by atomic mass is 16.6. The van der Waals surface area contributed by atoms with Gasteiger partial charge in [-0.25, -0.2) is 10.4 Å². The second-order valence-corrected chi connectivity index (χ2v) is 4.60. The van der Waals surface area contributed by atoms with Crippen LogP contribution < -0.4 is 20.4 Å². The molecule has 0 atom stereocenters. The van der Waals surface area contributed by atoms with Crippen molar-refractivity contribution < 1.29 is 15.2 Å². The number of hydrogen-bond donors (Lipinski definition) is 3. The van der Waals surface area contributed by atoms with Crippen LogP contribution in [0, 0.1) is 0 Å². The summed E-state index contributed by atoms with van der Waals surface area (Å²) in [6.07, 6.45) is 0. The fourth-order valence-corrected chi connectivity index (χ4v) is 1.75. The SMILES string of the molecule is COc1ccc2c(c1)N(O)C(=NCCN(C)C)NN2O. The number of aliphatic imine (C=N–C) groups is 1. The van der Waals surface area contributed by atoms with Gasteiger partial charge in [0.2, 0.25) is 5.96 Å². The van der Waals surface area contributed by atoms with E-state index >= 15 is 0 Å². The molecular formula is C12H19N5O3. The van der Waals surface area contributed by atoms with Crippen LogP contribution in [0.4, 0.5) is 11.4 Å². The van der Waals surface area contributed by atoms with E-state index in [1.165, 1.54) is 7.11 Å². The van der Waals surface area contributed by atoms with E-state index in [2.05, 4.69) is 10.4 Å². The first kappa shape index (κ1) is 14.4. The van der Waals surface area contributed by atoms with Crippen molar-refractivity contribution in [1.82, 2.24) is 10.3 Å². The van der Waals surface area contributed by atoms with E-state index < -0.39 is 0 Å². The Morgan fingerprint density at radius 3 is 2.70 bits per heavy atom. The normalized spacial score (nSPS) is 16.4. The summed E-state index contributed by atoms with van der Waals surface area (Å²) in [5.41, 5.74) is 3.38. The highest BCUT2D eigenvalue weighted by Gasteiger charge is 2.26. The molecule has 0 spiro atoms. The highest BCUT2D eigenvalue weighted by molar-refractivity contribution is 6.00. The second kappa shape index (κ2) is 5.95. The molecule has 0 aliphatic carbocycles. The molecule has 0 amide bonds. The lowest BCUT2D eigenvalue weighted by atomic mass is 10.2. The average molecular weight is 281 g/mol. The average Bonchev–Trinajstić information content (AvgIpc) is 2.43. The van der Waals surface area contributed by atoms with Crippen LogP contribution >= 0.6 is 0 Å². The van der Waals surface area contributed by atoms with Gasteiger partial charge < -0.3 is 9.64 Å². The molecule has 0 saturated heterocycles. The van der Waals surface area contributed by atoms with Gasteiger partial charge in [0.15, 0.2) is 0 Å². The van der Waals surface area contributed by atoms with E-state index in [0.29, 0.717) is 23.7 Å². The second-order valence-electron chi connectivity index (χ2n) is 4.60. The molecule has 1 aliphatic rings. The number of nitrogens with zero attached hydrogens (tertiary/aromatic N) is 4. The van der Waals surface area contributed by atoms with E-state index in [-0.39, 0.29) is 5.96 Å². The molecule has 0 fully saturated rings. The minimum absolute atomic E-state index is 0.148. The van der Waals surface area contributed by atoms with E-state index in [1.54, 1.807) is 18.2 Å². The van der Waals surface area contributed by atoms with E-state index in [4.69, 9.17) is 4.74 Å². The third-order valence-corrected chi connectivity index (χ3v) is 2.85. The number of likely N-dealkylation sites (N-methyl/N-ethyl adjacent to an activating group) is 1. The molecule has 8 nitrogen and oxygen atoms in total. The number of rotatable bonds is 4. The van der Waals surface area contributed by atoms with Gasteiger partial charge in [0.05, 0.1) is 13.7 Å². The number of methoxy groups -OCH3 is 1. The number of hydrogen-bond acceptors (Lipinski definition) is 6. The predicted octanol–water partition coefficient (Wildman–Crippen LogP) is 0.522. The molecule has 1 aromatic rings. The highest BCUT2D eigenvalue weighted by Crippen LogP contribution is 2.33. The molecule has 0 unspecified atom stereocenters. The minimum atomic E-state index is 0.148. The van der Waals surface area contributed by atoms with Crippen LogP contribution in [-0.2, 0) is 0 Å². The van der Waals surface area contributed by atoms with Crippen LogP contribution in [0.15, 0.2) is 23.2 Å². The first-order chi connectivity index (χ1) is 9.52. The Hall–Kier alpha value is -2.03. The Morgan fingerprint density at radius 2 is 2.05 bits per heavy atom. The molecule has 1 heterocycles. The molecule has 3 N–H and O–H groups in total. The Labute approximate surface area is 117 Å². The molecule has 0 aromatic heterocycles. The fraction of sp³-hybridized carbons (Fsp3) is 0.417. The van der Waals surface area contributed by atoms with E-state index in [9.17, 15) is 10.4 Å². The van der Waals surface area contributed by atoms with Gasteiger partial charge in [0.1, 0.15) is 17.1 Å². The summed E-state index contributed by atoms with van der Waals surface area (Å²) < 4.78 is 5.11. The summed E-state index contributed by atoms with van der Waals surface area (Å²) in [5.74, 6) is 0.723. The van der Waals surface area contributed by atoms with Crippen molar-refractivity contribution in [1.29, 1.82) is 0 Å². The number of ether oxygens (including phenoxy) is 1. The standard InChI is InChI=1S/C12H19N5O3/c1-15(2)7-6-13-12-14-17(19)10-5-4-9(20-3)8-11(10)16(12)18/h4-5,8,18-19H,6-7H2,1-3H3,(H,13,14). The van der Waals surface area contributed by atoms with Gasteiger partial charge in [-0.1, -0.05) is 0 Å². The number of guanidine groups is 1. The van der Waals surface area contributed by atoms with Gasteiger partial charge in [-0.2, -0.15) is 10.2 Å². The van der Waals surface area contributed by atoms with Crippen LogP contribution in [0.2, 0.25) is 0 Å². The van der Waals surface area contributed by atoms with Crippen molar-refractivity contribution in [3.05, 3.63) is 18.2 Å². The van der Waals surface area contributed by atoms with Gasteiger partial charge in [-0.05, 0) is 26.2 Å². The molecule has 1 aromatic carbocycles. The third kappa shape index (κ3) is 2.93. The van der Waals surface area contributed by atoms with Gasteiger partial charge in [-0.3, -0.25) is 10.4 Å². The Balaban J connectivity index is 2.24. The van der Waals surface area contributed by atoms with Crippen LogP contribution in [0.3, 0.4) is 0 Å². The zero-order chi connectivity index (χ0) is 14.7. The first-order valence-electron chi connectivity index (χ1n) is 6.15. The number of nitrogens with one attached hydrogen (secondary N) is 1. The van der Waals surface area contributed by atoms with Crippen LogP contribution in [0.25, 0.3) is 0 Å². The van der Waals surface area contributed by atoms with E-state index in [0.717, 1.165) is 16.8 Å². The molecule has 20 heavy (non-hydrogen) atoms. The first-order valence-corrected chi connectivity index (χ1v) is 6.15. The van der Waals surface area contributed by atoms with Crippen LogP contribution in [0.1, 0.15) is 0 Å². The van der Waals surface area contributed by atoms with Gasteiger partial charge in [0.25, 0.3) is 0 Å². The smallest absolute Gasteiger partial charge is 0.244 e. The lowest BCUT2D eigenvalue weighted by Gasteiger charge is -2.33. The molecule has 1 aliphatic heterocycles. The van der Waals surface area contributed by atoms with Crippen molar-refractivity contribution >= 4 is 17.3 Å². The summed E-state index contributed by atoms with van der Waals surface area (Å²) >= 11 is 0. The molecule has 0 saturated carbocycles. The van der Waals surface area contributed by atoms with Gasteiger partial charge >= 0.3 is 0 Å². The maximum Gasteiger partial charge on any atom is 0.244 e. The monoisotopic (exact) mass is 281 g/mol. The lowest BCUT2D eigenvalue weighted by molar-refractivity contribution is 0.216. The Morgan fingerprint density at radius 1 is 1.30 bits per heavy atom. The number of benzene rings is 1. The van der Waals surface area contributed by atoms with Gasteiger partial charge in [0, 0.05) is 12.6 Å². The molecule has 0 bridgehead atoms. The summed E-state index contributed by atoms with van der Waals surface area (Å²) in [4.78, 5) is 6.18. The van der Waals surface area contributed by atoms with Gasteiger partial charge in [-0.15, -0.1) is 0 Å². The molecule has 8 heteroatoms. The van der Waals surface area contributed by atoms with Crippen molar-refractivity contribution in [3.63, 3.8) is 0 Å². The zero-order valence-electron chi connectivity index (χ0n) is 11.7. The predicted molar refractivity (Wildman–Crippen MR) is 75.5 cm³/mol. The van der Waals surface area contributed by atoms with E-state index in [1.807, 2.05) is 19.0 Å². The molecule has 2 rings (SSSR count). The topological polar surface area (TPSA) is 83.8 Å². The van der Waals surface area contributed by atoms with Crippen LogP contribution in [0.5, 0.6) is 5.75 Å². The quantitative estimate of drug-likeness (QED) is 0.742. The van der Waals surface area contributed by atoms with Crippen molar-refractivity contribution in [2.45, 2.75) is 0 Å². The maximum absolute atomic E-state index is 10.2. The largest absolute Gasteiger partial charge is 0.497 e. The summed E-state index contributed by atoms with van der Waals surface area (Å²) in [7, 11) is 5.40. The van der Waals surface area contributed by atoms with Crippen molar-refractivity contribution in [2.24, 2.45) is 4.99 Å². The summed E-state index contributed by atoms with van der Waals surface area (Å²) in [5, 5.41) is 21.7. The minimum Gasteiger partial charge on any atom is -0.497 e. The van der Waals surface area contributed by atoms with Crippen LogP contribution in [-0.4, -0.2) is 55.6 Å². The molecule has 0 radical (unpaired) electrons. The maximum atomic E-state index is 10.2. The molecule has 110 valence electrons. The summed E-state index contributed by atoms with van der Waals surface area (Å²) in [6.45, 7) is 1.22. The Bertz CT molecular complexity index is 506.